The van der Waals surface area contributed by atoms with Crippen LogP contribution in [-0.2, 0) is 0 Å². The van der Waals surface area contributed by atoms with E-state index in [9.17, 15) is 9.90 Å². The number of aliphatic hydroxyl groups excluding tert-OH is 1. The van der Waals surface area contributed by atoms with Crippen LogP contribution in [0.1, 0.15) is 42.4 Å². The molecule has 6 nitrogen and oxygen atoms in total. The van der Waals surface area contributed by atoms with E-state index in [0.717, 1.165) is 11.0 Å². The molecule has 1 amide bonds. The van der Waals surface area contributed by atoms with Crippen molar-refractivity contribution in [1.82, 2.24) is 19.7 Å². The Morgan fingerprint density at radius 3 is 2.86 bits per heavy atom. The van der Waals surface area contributed by atoms with E-state index < -0.39 is 6.10 Å². The third-order valence-corrected chi connectivity index (χ3v) is 3.93. The van der Waals surface area contributed by atoms with Gasteiger partial charge in [-0.05, 0) is 33.3 Å². The normalized spacial score (nSPS) is 18.9. The van der Waals surface area contributed by atoms with Crippen molar-refractivity contribution in [3.63, 3.8) is 0 Å². The number of β-amino-alcohol motifs (C(OH)–C–C–N with tert-alkyl or cyclic N) is 1. The van der Waals surface area contributed by atoms with Gasteiger partial charge in [-0.25, -0.2) is 9.67 Å². The number of nitrogens with zero attached hydrogens (tertiary/aromatic N) is 4. The summed E-state index contributed by atoms with van der Waals surface area (Å²) in [7, 11) is 0. The van der Waals surface area contributed by atoms with Gasteiger partial charge in [0, 0.05) is 24.5 Å². The van der Waals surface area contributed by atoms with Crippen LogP contribution >= 0.6 is 0 Å². The van der Waals surface area contributed by atoms with Gasteiger partial charge in [0.05, 0.1) is 23.6 Å². The highest BCUT2D eigenvalue weighted by Gasteiger charge is 2.27. The molecule has 0 radical (unpaired) electrons. The van der Waals surface area contributed by atoms with Crippen LogP contribution in [0.3, 0.4) is 0 Å². The topological polar surface area (TPSA) is 71.2 Å². The minimum absolute atomic E-state index is 0.0595. The zero-order chi connectivity index (χ0) is 15.1. The highest BCUT2D eigenvalue weighted by atomic mass is 16.3. The number of aryl methyl sites for hydroxylation is 1. The first-order valence-corrected chi connectivity index (χ1v) is 7.29. The van der Waals surface area contributed by atoms with Gasteiger partial charge in [-0.15, -0.1) is 0 Å². The van der Waals surface area contributed by atoms with Crippen LogP contribution in [0.25, 0.3) is 11.0 Å². The molecule has 0 aromatic carbocycles. The summed E-state index contributed by atoms with van der Waals surface area (Å²) in [4.78, 5) is 18.8. The molecule has 3 heterocycles. The summed E-state index contributed by atoms with van der Waals surface area (Å²) in [5, 5.41) is 14.8. The van der Waals surface area contributed by atoms with Gasteiger partial charge in [0.25, 0.3) is 5.91 Å². The van der Waals surface area contributed by atoms with Gasteiger partial charge in [-0.2, -0.15) is 5.10 Å². The van der Waals surface area contributed by atoms with E-state index >= 15 is 0 Å². The molecule has 2 aromatic heterocycles. The van der Waals surface area contributed by atoms with Crippen molar-refractivity contribution in [2.75, 3.05) is 13.1 Å². The summed E-state index contributed by atoms with van der Waals surface area (Å²) >= 11 is 0. The van der Waals surface area contributed by atoms with Crippen molar-refractivity contribution in [2.24, 2.45) is 0 Å². The third kappa shape index (κ3) is 2.40. The maximum Gasteiger partial charge on any atom is 0.255 e. The fourth-order valence-corrected chi connectivity index (χ4v) is 2.76. The van der Waals surface area contributed by atoms with Gasteiger partial charge in [-0.3, -0.25) is 4.79 Å². The lowest BCUT2D eigenvalue weighted by atomic mass is 10.1. The van der Waals surface area contributed by atoms with E-state index in [2.05, 4.69) is 10.1 Å². The van der Waals surface area contributed by atoms with E-state index in [4.69, 9.17) is 0 Å². The molecule has 0 saturated carbocycles. The van der Waals surface area contributed by atoms with E-state index in [0.29, 0.717) is 30.8 Å². The summed E-state index contributed by atoms with van der Waals surface area (Å²) in [6.45, 7) is 6.95. The Balaban J connectivity index is 2.00. The number of amides is 1. The number of hydrogen-bond acceptors (Lipinski definition) is 4. The van der Waals surface area contributed by atoms with E-state index in [1.54, 1.807) is 11.1 Å². The molecule has 0 aliphatic carbocycles. The Hall–Kier alpha value is -1.95. The number of aliphatic hydroxyl groups is 1. The van der Waals surface area contributed by atoms with E-state index in [1.165, 1.54) is 0 Å². The highest BCUT2D eigenvalue weighted by Crippen LogP contribution is 2.21. The Morgan fingerprint density at radius 1 is 1.48 bits per heavy atom. The summed E-state index contributed by atoms with van der Waals surface area (Å²) in [6.07, 6.45) is 1.98. The van der Waals surface area contributed by atoms with Crippen molar-refractivity contribution in [1.29, 1.82) is 0 Å². The van der Waals surface area contributed by atoms with Gasteiger partial charge >= 0.3 is 0 Å². The molecule has 3 rings (SSSR count). The van der Waals surface area contributed by atoms with Crippen molar-refractivity contribution >= 4 is 16.9 Å². The first kappa shape index (κ1) is 14.0. The molecule has 1 aliphatic rings. The summed E-state index contributed by atoms with van der Waals surface area (Å²) in [6, 6.07) is 2.08. The van der Waals surface area contributed by atoms with Gasteiger partial charge in [0.1, 0.15) is 0 Å². The predicted molar refractivity (Wildman–Crippen MR) is 79.2 cm³/mol. The highest BCUT2D eigenvalue weighted by molar-refractivity contribution is 5.98. The molecular weight excluding hydrogens is 268 g/mol. The van der Waals surface area contributed by atoms with Crippen LogP contribution in [-0.4, -0.2) is 49.9 Å². The summed E-state index contributed by atoms with van der Waals surface area (Å²) in [5.74, 6) is -0.0595. The molecule has 0 unspecified atom stereocenters. The SMILES string of the molecule is Cc1nc2c(cnn2C(C)C)cc1C(=O)N1CC[C@H](O)C1. The second-order valence-electron chi connectivity index (χ2n) is 5.91. The van der Waals surface area contributed by atoms with Crippen LogP contribution in [0.4, 0.5) is 0 Å². The monoisotopic (exact) mass is 288 g/mol. The van der Waals surface area contributed by atoms with Gasteiger partial charge in [0.2, 0.25) is 0 Å². The second kappa shape index (κ2) is 5.11. The van der Waals surface area contributed by atoms with Gasteiger partial charge in [0.15, 0.2) is 5.65 Å². The van der Waals surface area contributed by atoms with Gasteiger partial charge in [-0.1, -0.05) is 0 Å². The van der Waals surface area contributed by atoms with Crippen molar-refractivity contribution < 1.29 is 9.90 Å². The number of fused-ring (bicyclic) bond motifs is 1. The molecule has 1 fully saturated rings. The smallest absolute Gasteiger partial charge is 0.255 e. The minimum Gasteiger partial charge on any atom is -0.391 e. The number of pyridine rings is 1. The van der Waals surface area contributed by atoms with Crippen molar-refractivity contribution in [3.05, 3.63) is 23.5 Å². The average Bonchev–Trinajstić information content (AvgIpc) is 3.03. The number of likely N-dealkylation sites (tertiary alicyclic amines) is 1. The quantitative estimate of drug-likeness (QED) is 0.909. The zero-order valence-electron chi connectivity index (χ0n) is 12.6. The molecule has 1 N–H and O–H groups in total. The lowest BCUT2D eigenvalue weighted by Crippen LogP contribution is -2.30. The molecule has 1 atom stereocenters. The van der Waals surface area contributed by atoms with Crippen LogP contribution in [0.15, 0.2) is 12.3 Å². The van der Waals surface area contributed by atoms with Crippen LogP contribution < -0.4 is 0 Å². The molecular formula is C15H20N4O2. The standard InChI is InChI=1S/C15H20N4O2/c1-9(2)19-14-11(7-16-19)6-13(10(3)17-14)15(21)18-5-4-12(20)8-18/h6-7,9,12,20H,4-5,8H2,1-3H3/t12-/m0/s1. The number of carbonyl (C=O) groups excluding carboxylic acids is 1. The molecule has 0 bridgehead atoms. The van der Waals surface area contributed by atoms with Crippen LogP contribution in [0, 0.1) is 6.92 Å². The van der Waals surface area contributed by atoms with Crippen molar-refractivity contribution in [3.8, 4) is 0 Å². The number of aromatic nitrogens is 3. The second-order valence-corrected chi connectivity index (χ2v) is 5.91. The Morgan fingerprint density at radius 2 is 2.24 bits per heavy atom. The summed E-state index contributed by atoms with van der Waals surface area (Å²) < 4.78 is 1.86. The maximum absolute atomic E-state index is 12.5. The molecule has 6 heteroatoms. The molecule has 1 saturated heterocycles. The lowest BCUT2D eigenvalue weighted by molar-refractivity contribution is 0.0764. The third-order valence-electron chi connectivity index (χ3n) is 3.93. The lowest BCUT2D eigenvalue weighted by Gasteiger charge is -2.17. The number of rotatable bonds is 2. The van der Waals surface area contributed by atoms with E-state index in [-0.39, 0.29) is 11.9 Å². The predicted octanol–water partition coefficient (Wildman–Crippen LogP) is 1.53. The molecule has 1 aliphatic heterocycles. The van der Waals surface area contributed by atoms with Crippen LogP contribution in [0.2, 0.25) is 0 Å². The molecule has 112 valence electrons. The Labute approximate surface area is 123 Å². The van der Waals surface area contributed by atoms with Gasteiger partial charge < -0.3 is 10.0 Å². The Bertz CT molecular complexity index is 692. The van der Waals surface area contributed by atoms with Crippen LogP contribution in [0.5, 0.6) is 0 Å². The van der Waals surface area contributed by atoms with E-state index in [1.807, 2.05) is 31.5 Å². The largest absolute Gasteiger partial charge is 0.391 e. The zero-order valence-corrected chi connectivity index (χ0v) is 12.6. The number of carbonyl (C=O) groups is 1. The molecule has 2 aromatic rings. The maximum atomic E-state index is 12.5. The summed E-state index contributed by atoms with van der Waals surface area (Å²) in [5.41, 5.74) is 2.11. The van der Waals surface area contributed by atoms with Crippen molar-refractivity contribution in [2.45, 2.75) is 39.3 Å². The Kier molecular flexibility index (Phi) is 3.41. The fourth-order valence-electron chi connectivity index (χ4n) is 2.76. The first-order chi connectivity index (χ1) is 9.97. The first-order valence-electron chi connectivity index (χ1n) is 7.29. The number of hydrogen-bond donors (Lipinski definition) is 1. The molecule has 0 spiro atoms. The average molecular weight is 288 g/mol. The minimum atomic E-state index is -0.408. The fraction of sp³-hybridized carbons (Fsp3) is 0.533. The molecule has 21 heavy (non-hydrogen) atoms.